The summed E-state index contributed by atoms with van der Waals surface area (Å²) in [6.45, 7) is 0.0482. The van der Waals surface area contributed by atoms with Gasteiger partial charge in [0.25, 0.3) is 0 Å². The molecule has 2 aromatic rings. The summed E-state index contributed by atoms with van der Waals surface area (Å²) < 4.78 is 10.1. The third-order valence-corrected chi connectivity index (χ3v) is 3.80. The Morgan fingerprint density at radius 2 is 2.00 bits per heavy atom. The first-order valence-electron chi connectivity index (χ1n) is 6.42. The van der Waals surface area contributed by atoms with Gasteiger partial charge in [-0.2, -0.15) is 0 Å². The molecule has 1 unspecified atom stereocenters. The molecular weight excluding hydrogens is 306 g/mol. The van der Waals surface area contributed by atoms with E-state index in [1.165, 1.54) is 11.3 Å². The van der Waals surface area contributed by atoms with Crippen LogP contribution in [0.2, 0.25) is 0 Å². The summed E-state index contributed by atoms with van der Waals surface area (Å²) in [5.41, 5.74) is 0.777. The van der Waals surface area contributed by atoms with Gasteiger partial charge in [-0.05, 0) is 29.1 Å². The lowest BCUT2D eigenvalue weighted by molar-refractivity contribution is -0.139. The fraction of sp³-hybridized carbons (Fsp3) is 0.200. The number of amides is 1. The van der Waals surface area contributed by atoms with E-state index < -0.39 is 18.1 Å². The lowest BCUT2D eigenvalue weighted by Gasteiger charge is -2.13. The zero-order valence-corrected chi connectivity index (χ0v) is 12.6. The van der Waals surface area contributed by atoms with Crippen LogP contribution in [0.5, 0.6) is 5.75 Å². The molecule has 1 aromatic heterocycles. The summed E-state index contributed by atoms with van der Waals surface area (Å²) in [5, 5.41) is 13.2. The molecular formula is C15H15NO5S. The Morgan fingerprint density at radius 1 is 1.27 bits per heavy atom. The number of methoxy groups -OCH3 is 1. The lowest BCUT2D eigenvalue weighted by Crippen LogP contribution is -2.33. The molecule has 2 rings (SSSR count). The van der Waals surface area contributed by atoms with E-state index in [0.29, 0.717) is 10.6 Å². The molecule has 0 radical (unpaired) electrons. The SMILES string of the molecule is COc1ccc(COC(=O)NC(C(=O)O)c2cccs2)cc1. The van der Waals surface area contributed by atoms with Crippen molar-refractivity contribution in [3.63, 3.8) is 0 Å². The Morgan fingerprint density at radius 3 is 2.55 bits per heavy atom. The van der Waals surface area contributed by atoms with Gasteiger partial charge in [-0.15, -0.1) is 11.3 Å². The fourth-order valence-electron chi connectivity index (χ4n) is 1.74. The van der Waals surface area contributed by atoms with Crippen LogP contribution in [0.3, 0.4) is 0 Å². The number of carboxylic acid groups (broad SMARTS) is 1. The summed E-state index contributed by atoms with van der Waals surface area (Å²) in [6.07, 6.45) is -0.781. The van der Waals surface area contributed by atoms with Crippen LogP contribution in [0, 0.1) is 0 Å². The molecule has 6 nitrogen and oxygen atoms in total. The first kappa shape index (κ1) is 15.8. The van der Waals surface area contributed by atoms with Crippen molar-refractivity contribution in [3.8, 4) is 5.75 Å². The molecule has 0 spiro atoms. The van der Waals surface area contributed by atoms with E-state index in [0.717, 1.165) is 5.56 Å². The molecule has 2 N–H and O–H groups in total. The topological polar surface area (TPSA) is 84.9 Å². The van der Waals surface area contributed by atoms with Crippen molar-refractivity contribution >= 4 is 23.4 Å². The van der Waals surface area contributed by atoms with Crippen LogP contribution >= 0.6 is 11.3 Å². The molecule has 0 fully saturated rings. The van der Waals surface area contributed by atoms with E-state index in [4.69, 9.17) is 14.6 Å². The van der Waals surface area contributed by atoms with E-state index in [1.54, 1.807) is 48.9 Å². The molecule has 0 saturated carbocycles. The summed E-state index contributed by atoms with van der Waals surface area (Å²) in [6, 6.07) is 9.29. The number of carboxylic acids is 1. The Labute approximate surface area is 131 Å². The highest BCUT2D eigenvalue weighted by atomic mass is 32.1. The van der Waals surface area contributed by atoms with Crippen LogP contribution in [-0.2, 0) is 16.1 Å². The molecule has 0 aliphatic rings. The number of hydrogen-bond donors (Lipinski definition) is 2. The monoisotopic (exact) mass is 321 g/mol. The molecule has 22 heavy (non-hydrogen) atoms. The average molecular weight is 321 g/mol. The van der Waals surface area contributed by atoms with Crippen LogP contribution in [0.25, 0.3) is 0 Å². The second kappa shape index (κ2) is 7.46. The maximum atomic E-state index is 11.7. The summed E-state index contributed by atoms with van der Waals surface area (Å²) in [4.78, 5) is 23.5. The van der Waals surface area contributed by atoms with Gasteiger partial charge in [-0.3, -0.25) is 0 Å². The number of nitrogens with one attached hydrogen (secondary N) is 1. The van der Waals surface area contributed by atoms with Gasteiger partial charge in [0.2, 0.25) is 0 Å². The molecule has 1 aromatic carbocycles. The number of ether oxygens (including phenoxy) is 2. The van der Waals surface area contributed by atoms with Crippen molar-refractivity contribution in [3.05, 3.63) is 52.2 Å². The molecule has 0 aliphatic heterocycles. The molecule has 1 heterocycles. The van der Waals surface area contributed by atoms with Crippen LogP contribution in [-0.4, -0.2) is 24.3 Å². The molecule has 0 saturated heterocycles. The number of thiophene rings is 1. The van der Waals surface area contributed by atoms with Gasteiger partial charge >= 0.3 is 12.1 Å². The van der Waals surface area contributed by atoms with Gasteiger partial charge in [-0.1, -0.05) is 18.2 Å². The van der Waals surface area contributed by atoms with Gasteiger partial charge in [0.1, 0.15) is 12.4 Å². The summed E-state index contributed by atoms with van der Waals surface area (Å²) in [7, 11) is 1.57. The predicted octanol–water partition coefficient (Wildman–Crippen LogP) is 2.81. The molecule has 0 bridgehead atoms. The second-order valence-electron chi connectivity index (χ2n) is 4.36. The van der Waals surface area contributed by atoms with Crippen molar-refractivity contribution in [2.24, 2.45) is 0 Å². The number of carbonyl (C=O) groups is 2. The van der Waals surface area contributed by atoms with Crippen LogP contribution < -0.4 is 10.1 Å². The smallest absolute Gasteiger partial charge is 0.408 e. The zero-order chi connectivity index (χ0) is 15.9. The highest BCUT2D eigenvalue weighted by molar-refractivity contribution is 7.10. The van der Waals surface area contributed by atoms with Crippen LogP contribution in [0.4, 0.5) is 4.79 Å². The van der Waals surface area contributed by atoms with Gasteiger partial charge in [0, 0.05) is 4.88 Å². The molecule has 116 valence electrons. The Balaban J connectivity index is 1.89. The van der Waals surface area contributed by atoms with Crippen molar-refractivity contribution in [2.45, 2.75) is 12.6 Å². The van der Waals surface area contributed by atoms with Gasteiger partial charge in [-0.25, -0.2) is 9.59 Å². The van der Waals surface area contributed by atoms with Crippen LogP contribution in [0.15, 0.2) is 41.8 Å². The van der Waals surface area contributed by atoms with Crippen molar-refractivity contribution in [1.82, 2.24) is 5.32 Å². The van der Waals surface area contributed by atoms with Gasteiger partial charge < -0.3 is 19.9 Å². The Kier molecular flexibility index (Phi) is 5.37. The maximum Gasteiger partial charge on any atom is 0.408 e. The van der Waals surface area contributed by atoms with E-state index >= 15 is 0 Å². The highest BCUT2D eigenvalue weighted by Gasteiger charge is 2.23. The van der Waals surface area contributed by atoms with Gasteiger partial charge in [0.15, 0.2) is 6.04 Å². The Bertz CT molecular complexity index is 624. The van der Waals surface area contributed by atoms with Crippen molar-refractivity contribution in [2.75, 3.05) is 7.11 Å². The first-order chi connectivity index (χ1) is 10.6. The molecule has 7 heteroatoms. The highest BCUT2D eigenvalue weighted by Crippen LogP contribution is 2.19. The van der Waals surface area contributed by atoms with Crippen LogP contribution in [0.1, 0.15) is 16.5 Å². The number of hydrogen-bond acceptors (Lipinski definition) is 5. The quantitative estimate of drug-likeness (QED) is 0.854. The maximum absolute atomic E-state index is 11.7. The predicted molar refractivity (Wildman–Crippen MR) is 81.0 cm³/mol. The lowest BCUT2D eigenvalue weighted by atomic mass is 10.2. The fourth-order valence-corrected chi connectivity index (χ4v) is 2.51. The summed E-state index contributed by atoms with van der Waals surface area (Å²) in [5.74, 6) is -0.430. The number of alkyl carbamates (subject to hydrolysis) is 1. The number of carbonyl (C=O) groups excluding carboxylic acids is 1. The van der Waals surface area contributed by atoms with Crippen molar-refractivity contribution in [1.29, 1.82) is 0 Å². The zero-order valence-electron chi connectivity index (χ0n) is 11.8. The minimum Gasteiger partial charge on any atom is -0.497 e. The standard InChI is InChI=1S/C15H15NO5S/c1-20-11-6-4-10(5-7-11)9-21-15(19)16-13(14(17)18)12-3-2-8-22-12/h2-8,13H,9H2,1H3,(H,16,19)(H,17,18). The Hall–Kier alpha value is -2.54. The molecule has 1 atom stereocenters. The number of aliphatic carboxylic acids is 1. The number of benzene rings is 1. The third-order valence-electron chi connectivity index (χ3n) is 2.87. The normalized spacial score (nSPS) is 11.5. The van der Waals surface area contributed by atoms with E-state index in [9.17, 15) is 9.59 Å². The molecule has 0 aliphatic carbocycles. The second-order valence-corrected chi connectivity index (χ2v) is 5.33. The van der Waals surface area contributed by atoms with E-state index in [2.05, 4.69) is 5.32 Å². The van der Waals surface area contributed by atoms with Gasteiger partial charge in [0.05, 0.1) is 7.11 Å². The third kappa shape index (κ3) is 4.23. The average Bonchev–Trinajstić information content (AvgIpc) is 3.04. The summed E-state index contributed by atoms with van der Waals surface area (Å²) >= 11 is 1.25. The first-order valence-corrected chi connectivity index (χ1v) is 7.30. The van der Waals surface area contributed by atoms with E-state index in [-0.39, 0.29) is 6.61 Å². The minimum absolute atomic E-state index is 0.0482. The largest absolute Gasteiger partial charge is 0.497 e. The van der Waals surface area contributed by atoms with Crippen molar-refractivity contribution < 1.29 is 24.2 Å². The minimum atomic E-state index is -1.14. The molecule has 1 amide bonds. The number of rotatable bonds is 6. The van der Waals surface area contributed by atoms with E-state index in [1.807, 2.05) is 0 Å².